The lowest BCUT2D eigenvalue weighted by Crippen LogP contribution is -2.52. The van der Waals surface area contributed by atoms with E-state index in [-0.39, 0.29) is 17.2 Å². The van der Waals surface area contributed by atoms with Crippen LogP contribution in [0.1, 0.15) is 31.1 Å². The summed E-state index contributed by atoms with van der Waals surface area (Å²) in [6.07, 6.45) is 0. The zero-order chi connectivity index (χ0) is 16.2. The van der Waals surface area contributed by atoms with Gasteiger partial charge in [0.2, 0.25) is 5.91 Å². The highest BCUT2D eigenvalue weighted by Crippen LogP contribution is 2.18. The van der Waals surface area contributed by atoms with Gasteiger partial charge in [0.05, 0.1) is 0 Å². The van der Waals surface area contributed by atoms with E-state index >= 15 is 0 Å². The Labute approximate surface area is 136 Å². The third kappa shape index (κ3) is 4.55. The molecule has 1 saturated heterocycles. The number of thiophene rings is 1. The normalized spacial score (nSPS) is 16.6. The van der Waals surface area contributed by atoms with Gasteiger partial charge in [-0.1, -0.05) is 20.8 Å². The van der Waals surface area contributed by atoms with E-state index < -0.39 is 0 Å². The number of nitrogens with one attached hydrogen (secondary N) is 1. The zero-order valence-corrected chi connectivity index (χ0v) is 14.4. The highest BCUT2D eigenvalue weighted by molar-refractivity contribution is 7.08. The summed E-state index contributed by atoms with van der Waals surface area (Å²) in [5.74, 6) is 0.209. The summed E-state index contributed by atoms with van der Waals surface area (Å²) in [5.41, 5.74) is 0.419. The van der Waals surface area contributed by atoms with Crippen molar-refractivity contribution in [1.82, 2.24) is 15.1 Å². The van der Waals surface area contributed by atoms with E-state index in [1.165, 1.54) is 11.3 Å². The van der Waals surface area contributed by atoms with Crippen molar-refractivity contribution in [1.29, 1.82) is 0 Å². The predicted molar refractivity (Wildman–Crippen MR) is 89.1 cm³/mol. The fourth-order valence-electron chi connectivity index (χ4n) is 2.47. The van der Waals surface area contributed by atoms with Gasteiger partial charge >= 0.3 is 0 Å². The third-order valence-electron chi connectivity index (χ3n) is 3.80. The Morgan fingerprint density at radius 3 is 2.45 bits per heavy atom. The topological polar surface area (TPSA) is 52.7 Å². The zero-order valence-electron chi connectivity index (χ0n) is 13.6. The molecule has 2 heterocycles. The largest absolute Gasteiger partial charge is 0.351 e. The van der Waals surface area contributed by atoms with Gasteiger partial charge in [0.25, 0.3) is 5.91 Å². The predicted octanol–water partition coefficient (Wildman–Crippen LogP) is 1.67. The van der Waals surface area contributed by atoms with Crippen molar-refractivity contribution in [3.05, 3.63) is 22.4 Å². The maximum Gasteiger partial charge on any atom is 0.252 e. The van der Waals surface area contributed by atoms with Crippen LogP contribution in [0.15, 0.2) is 16.8 Å². The molecule has 0 saturated carbocycles. The molecule has 0 aromatic carbocycles. The lowest BCUT2D eigenvalue weighted by molar-refractivity contribution is -0.141. The summed E-state index contributed by atoms with van der Waals surface area (Å²) in [7, 11) is 0. The molecule has 0 unspecified atom stereocenters. The monoisotopic (exact) mass is 323 g/mol. The minimum atomic E-state index is -0.309. The van der Waals surface area contributed by atoms with Crippen molar-refractivity contribution in [2.75, 3.05) is 39.3 Å². The van der Waals surface area contributed by atoms with E-state index in [0.29, 0.717) is 6.54 Å². The maximum atomic E-state index is 12.2. The SMILES string of the molecule is CC(C)(C)C(=O)N1CCN(CCNC(=O)c2ccsc2)CC1. The number of carbonyl (C=O) groups excluding carboxylic acids is 2. The molecule has 22 heavy (non-hydrogen) atoms. The Hall–Kier alpha value is -1.40. The molecule has 0 aliphatic carbocycles. The van der Waals surface area contributed by atoms with Crippen LogP contribution in [0.25, 0.3) is 0 Å². The van der Waals surface area contributed by atoms with E-state index in [9.17, 15) is 9.59 Å². The van der Waals surface area contributed by atoms with Crippen LogP contribution in [0.5, 0.6) is 0 Å². The average Bonchev–Trinajstić information content (AvgIpc) is 3.00. The van der Waals surface area contributed by atoms with Gasteiger partial charge in [-0.25, -0.2) is 0 Å². The molecule has 1 aliphatic heterocycles. The first-order valence-corrected chi connectivity index (χ1v) is 8.64. The van der Waals surface area contributed by atoms with Gasteiger partial charge in [-0.15, -0.1) is 0 Å². The van der Waals surface area contributed by atoms with Gasteiger partial charge in [0.1, 0.15) is 0 Å². The van der Waals surface area contributed by atoms with Gasteiger partial charge in [-0.05, 0) is 11.4 Å². The summed E-state index contributed by atoms with van der Waals surface area (Å²) in [6, 6.07) is 1.83. The van der Waals surface area contributed by atoms with Crippen LogP contribution in [0.2, 0.25) is 0 Å². The van der Waals surface area contributed by atoms with Gasteiger partial charge in [-0.3, -0.25) is 14.5 Å². The molecule has 0 spiro atoms. The lowest BCUT2D eigenvalue weighted by atomic mass is 9.94. The van der Waals surface area contributed by atoms with E-state index in [1.807, 2.05) is 42.5 Å². The fraction of sp³-hybridized carbons (Fsp3) is 0.625. The number of hydrogen-bond donors (Lipinski definition) is 1. The molecule has 0 radical (unpaired) electrons. The molecule has 6 heteroatoms. The highest BCUT2D eigenvalue weighted by Gasteiger charge is 2.29. The van der Waals surface area contributed by atoms with Crippen LogP contribution < -0.4 is 5.32 Å². The van der Waals surface area contributed by atoms with Gasteiger partial charge in [0.15, 0.2) is 0 Å². The van der Waals surface area contributed by atoms with Crippen molar-refractivity contribution in [3.63, 3.8) is 0 Å². The summed E-state index contributed by atoms with van der Waals surface area (Å²) in [6.45, 7) is 10.6. The molecule has 1 fully saturated rings. The van der Waals surface area contributed by atoms with E-state index in [0.717, 1.165) is 38.3 Å². The smallest absolute Gasteiger partial charge is 0.252 e. The fourth-order valence-corrected chi connectivity index (χ4v) is 3.11. The lowest BCUT2D eigenvalue weighted by Gasteiger charge is -2.37. The summed E-state index contributed by atoms with van der Waals surface area (Å²) < 4.78 is 0. The van der Waals surface area contributed by atoms with Gasteiger partial charge < -0.3 is 10.2 Å². The van der Waals surface area contributed by atoms with Crippen molar-refractivity contribution in [2.24, 2.45) is 5.41 Å². The van der Waals surface area contributed by atoms with Crippen LogP contribution >= 0.6 is 11.3 Å². The Morgan fingerprint density at radius 1 is 1.23 bits per heavy atom. The first-order valence-electron chi connectivity index (χ1n) is 7.70. The molecule has 1 aliphatic rings. The first kappa shape index (κ1) is 17.0. The Bertz CT molecular complexity index is 500. The van der Waals surface area contributed by atoms with Crippen molar-refractivity contribution < 1.29 is 9.59 Å². The molecule has 0 bridgehead atoms. The van der Waals surface area contributed by atoms with Crippen molar-refractivity contribution in [2.45, 2.75) is 20.8 Å². The number of carbonyl (C=O) groups is 2. The average molecular weight is 323 g/mol. The van der Waals surface area contributed by atoms with Crippen molar-refractivity contribution in [3.8, 4) is 0 Å². The van der Waals surface area contributed by atoms with Crippen LogP contribution in [-0.2, 0) is 4.79 Å². The molecule has 2 amide bonds. The minimum Gasteiger partial charge on any atom is -0.351 e. The summed E-state index contributed by atoms with van der Waals surface area (Å²) >= 11 is 1.53. The van der Waals surface area contributed by atoms with Crippen LogP contribution in [-0.4, -0.2) is 60.9 Å². The highest BCUT2D eigenvalue weighted by atomic mass is 32.1. The quantitative estimate of drug-likeness (QED) is 0.917. The Balaban J connectivity index is 1.68. The Morgan fingerprint density at radius 2 is 1.91 bits per heavy atom. The molecule has 0 atom stereocenters. The molecule has 5 nitrogen and oxygen atoms in total. The second-order valence-electron chi connectivity index (χ2n) is 6.65. The maximum absolute atomic E-state index is 12.2. The molecular formula is C16H25N3O2S. The van der Waals surface area contributed by atoms with E-state index in [1.54, 1.807) is 0 Å². The standard InChI is InChI=1S/C16H25N3O2S/c1-16(2,3)15(21)19-9-7-18(8-10-19)6-5-17-14(20)13-4-11-22-12-13/h4,11-12H,5-10H2,1-3H3,(H,17,20). The van der Waals surface area contributed by atoms with Crippen LogP contribution in [0, 0.1) is 5.41 Å². The van der Waals surface area contributed by atoms with Gasteiger partial charge in [-0.2, -0.15) is 11.3 Å². The number of amides is 2. The Kier molecular flexibility index (Phi) is 5.58. The summed E-state index contributed by atoms with van der Waals surface area (Å²) in [5, 5.41) is 6.69. The molecule has 1 N–H and O–H groups in total. The number of piperazine rings is 1. The second kappa shape index (κ2) is 7.24. The number of hydrogen-bond acceptors (Lipinski definition) is 4. The van der Waals surface area contributed by atoms with E-state index in [4.69, 9.17) is 0 Å². The van der Waals surface area contributed by atoms with E-state index in [2.05, 4.69) is 10.2 Å². The second-order valence-corrected chi connectivity index (χ2v) is 7.43. The van der Waals surface area contributed by atoms with Gasteiger partial charge in [0, 0.05) is 55.6 Å². The molecule has 2 rings (SSSR count). The first-order chi connectivity index (χ1) is 10.4. The molecular weight excluding hydrogens is 298 g/mol. The molecule has 122 valence electrons. The molecule has 1 aromatic heterocycles. The van der Waals surface area contributed by atoms with Crippen LogP contribution in [0.3, 0.4) is 0 Å². The summed E-state index contributed by atoms with van der Waals surface area (Å²) in [4.78, 5) is 28.3. The number of rotatable bonds is 4. The molecule has 1 aromatic rings. The van der Waals surface area contributed by atoms with Crippen molar-refractivity contribution >= 4 is 23.2 Å². The van der Waals surface area contributed by atoms with Crippen LogP contribution in [0.4, 0.5) is 0 Å². The number of nitrogens with zero attached hydrogens (tertiary/aromatic N) is 2. The third-order valence-corrected chi connectivity index (χ3v) is 4.48. The minimum absolute atomic E-state index is 0.0113.